The van der Waals surface area contributed by atoms with E-state index < -0.39 is 25.6 Å². The van der Waals surface area contributed by atoms with Crippen LogP contribution >= 0.6 is 0 Å². The SMILES string of the molecule is COc1ccc(COC[C@H]2C/C(=C\CO[Si](C(C)C)(C(C)C)C(C)C)C[C@@H](CC(=O)C(C)(C)[C@H](C[C@H]3C[C@H](CCO)OC(C)(C)O3)OCc3ccccc3)O2)cc1. The van der Waals surface area contributed by atoms with E-state index in [-0.39, 0.29) is 43.2 Å². The molecule has 9 nitrogen and oxygen atoms in total. The van der Waals surface area contributed by atoms with Gasteiger partial charge in [-0.05, 0) is 73.0 Å². The molecule has 4 rings (SSSR count). The van der Waals surface area contributed by atoms with Crippen LogP contribution < -0.4 is 4.74 Å². The van der Waals surface area contributed by atoms with Gasteiger partial charge in [0.1, 0.15) is 11.5 Å². The normalized spacial score (nSPS) is 23.0. The average molecular weight is 811 g/mol. The molecule has 57 heavy (non-hydrogen) atoms. The first-order valence-electron chi connectivity index (χ1n) is 21.3. The number of methoxy groups -OCH3 is 1. The third-order valence-corrected chi connectivity index (χ3v) is 18.2. The summed E-state index contributed by atoms with van der Waals surface area (Å²) in [5.74, 6) is 0.0871. The highest BCUT2D eigenvalue weighted by molar-refractivity contribution is 6.77. The van der Waals surface area contributed by atoms with Crippen molar-refractivity contribution in [2.75, 3.05) is 26.9 Å². The fourth-order valence-electron chi connectivity index (χ4n) is 9.17. The van der Waals surface area contributed by atoms with Crippen LogP contribution in [0, 0.1) is 5.41 Å². The first-order chi connectivity index (χ1) is 27.0. The molecule has 2 heterocycles. The Morgan fingerprint density at radius 3 is 2.11 bits per heavy atom. The standard InChI is InChI=1S/C47H74O9Si/c1-33(2)57(34(3)4,35(5)6)53-24-22-38-25-41(54-43(26-38)32-51-30-37-17-19-39(50-11)20-18-37)28-44(49)46(7,8)45(52-31-36-15-13-12-14-16-36)29-42-27-40(21-23-48)55-47(9,10)56-42/h12-20,22,33-35,40-43,45,48H,21,23-32H2,1-11H3/b38-22-/t40-,41-,42+,43+,45-/m0/s1. The van der Waals surface area contributed by atoms with Gasteiger partial charge in [-0.3, -0.25) is 4.79 Å². The van der Waals surface area contributed by atoms with Crippen LogP contribution in [0.15, 0.2) is 66.2 Å². The lowest BCUT2D eigenvalue weighted by molar-refractivity contribution is -0.305. The zero-order valence-corrected chi connectivity index (χ0v) is 37.9. The van der Waals surface area contributed by atoms with Crippen molar-refractivity contribution in [2.45, 2.75) is 174 Å². The molecule has 2 aromatic rings. The first kappa shape index (κ1) is 47.3. The molecule has 0 amide bonds. The molecular weight excluding hydrogens is 737 g/mol. The van der Waals surface area contributed by atoms with Crippen molar-refractivity contribution < 1.29 is 42.7 Å². The van der Waals surface area contributed by atoms with Gasteiger partial charge < -0.3 is 38.0 Å². The van der Waals surface area contributed by atoms with E-state index in [1.165, 1.54) is 5.57 Å². The largest absolute Gasteiger partial charge is 0.497 e. The van der Waals surface area contributed by atoms with E-state index in [2.05, 4.69) is 47.6 Å². The van der Waals surface area contributed by atoms with Crippen molar-refractivity contribution >= 4 is 14.1 Å². The number of ether oxygens (including phenoxy) is 6. The maximum absolute atomic E-state index is 14.6. The number of carbonyl (C=O) groups is 1. The van der Waals surface area contributed by atoms with Crippen LogP contribution in [-0.4, -0.2) is 82.4 Å². The molecule has 0 bridgehead atoms. The quantitative estimate of drug-likeness (QED) is 0.0920. The van der Waals surface area contributed by atoms with Crippen molar-refractivity contribution in [1.82, 2.24) is 0 Å². The fourth-order valence-corrected chi connectivity index (χ4v) is 14.5. The molecule has 0 radical (unpaired) electrons. The summed E-state index contributed by atoms with van der Waals surface area (Å²) < 4.78 is 44.4. The van der Waals surface area contributed by atoms with E-state index in [0.717, 1.165) is 23.3 Å². The van der Waals surface area contributed by atoms with E-state index in [1.54, 1.807) is 7.11 Å². The summed E-state index contributed by atoms with van der Waals surface area (Å²) >= 11 is 0. The number of benzene rings is 2. The summed E-state index contributed by atoms with van der Waals surface area (Å²) in [6, 6.07) is 18.0. The molecule has 0 aromatic heterocycles. The zero-order chi connectivity index (χ0) is 41.8. The minimum atomic E-state index is -2.05. The highest BCUT2D eigenvalue weighted by atomic mass is 28.4. The lowest BCUT2D eigenvalue weighted by atomic mass is 9.76. The predicted octanol–water partition coefficient (Wildman–Crippen LogP) is 10.1. The summed E-state index contributed by atoms with van der Waals surface area (Å²) in [6.45, 7) is 23.5. The summed E-state index contributed by atoms with van der Waals surface area (Å²) in [6.07, 6.45) is 4.29. The molecule has 0 spiro atoms. The molecule has 0 unspecified atom stereocenters. The monoisotopic (exact) mass is 811 g/mol. The van der Waals surface area contributed by atoms with Crippen molar-refractivity contribution in [3.8, 4) is 5.75 Å². The second kappa shape index (κ2) is 21.7. The smallest absolute Gasteiger partial charge is 0.200 e. The van der Waals surface area contributed by atoms with Crippen LogP contribution in [0.2, 0.25) is 16.6 Å². The second-order valence-corrected chi connectivity index (χ2v) is 23.6. The average Bonchev–Trinajstić information content (AvgIpc) is 3.14. The van der Waals surface area contributed by atoms with E-state index in [1.807, 2.05) is 82.3 Å². The second-order valence-electron chi connectivity index (χ2n) is 18.1. The van der Waals surface area contributed by atoms with Crippen LogP contribution in [0.5, 0.6) is 5.75 Å². The number of hydrogen-bond donors (Lipinski definition) is 1. The Labute approximate surface area is 345 Å². The van der Waals surface area contributed by atoms with E-state index >= 15 is 0 Å². The maximum Gasteiger partial charge on any atom is 0.200 e. The maximum atomic E-state index is 14.6. The first-order valence-corrected chi connectivity index (χ1v) is 23.5. The third-order valence-electron chi connectivity index (χ3n) is 12.1. The molecule has 2 fully saturated rings. The van der Waals surface area contributed by atoms with E-state index in [9.17, 15) is 9.90 Å². The van der Waals surface area contributed by atoms with Crippen LogP contribution in [0.25, 0.3) is 0 Å². The zero-order valence-electron chi connectivity index (χ0n) is 36.9. The Balaban J connectivity index is 1.53. The molecule has 2 aliphatic rings. The van der Waals surface area contributed by atoms with Crippen LogP contribution in [0.3, 0.4) is 0 Å². The molecule has 2 aliphatic heterocycles. The number of rotatable bonds is 22. The topological polar surface area (TPSA) is 102 Å². The van der Waals surface area contributed by atoms with Gasteiger partial charge in [-0.15, -0.1) is 0 Å². The van der Waals surface area contributed by atoms with Crippen molar-refractivity contribution in [3.63, 3.8) is 0 Å². The lowest BCUT2D eigenvalue weighted by Crippen LogP contribution is -2.49. The van der Waals surface area contributed by atoms with E-state index in [4.69, 9.17) is 32.8 Å². The lowest BCUT2D eigenvalue weighted by Gasteiger charge is -2.43. The Hall–Kier alpha value is -2.41. The minimum Gasteiger partial charge on any atom is -0.497 e. The van der Waals surface area contributed by atoms with Gasteiger partial charge in [-0.1, -0.05) is 110 Å². The molecule has 0 aliphatic carbocycles. The highest BCUT2D eigenvalue weighted by Gasteiger charge is 2.46. The molecule has 2 saturated heterocycles. The number of aliphatic hydroxyl groups is 1. The highest BCUT2D eigenvalue weighted by Crippen LogP contribution is 2.43. The van der Waals surface area contributed by atoms with Gasteiger partial charge in [0.05, 0.1) is 64.1 Å². The third kappa shape index (κ3) is 13.6. The van der Waals surface area contributed by atoms with Crippen molar-refractivity contribution in [2.24, 2.45) is 5.41 Å². The van der Waals surface area contributed by atoms with Crippen molar-refractivity contribution in [3.05, 3.63) is 77.4 Å². The molecule has 10 heteroatoms. The fraction of sp³-hybridized carbons (Fsp3) is 0.681. The summed E-state index contributed by atoms with van der Waals surface area (Å²) in [7, 11) is -0.391. The summed E-state index contributed by atoms with van der Waals surface area (Å²) in [4.78, 5) is 14.6. The number of aliphatic hydroxyl groups excluding tert-OH is 1. The minimum absolute atomic E-state index is 0.0405. The van der Waals surface area contributed by atoms with Gasteiger partial charge in [0.25, 0.3) is 0 Å². The molecule has 0 saturated carbocycles. The van der Waals surface area contributed by atoms with Gasteiger partial charge in [0.15, 0.2) is 5.79 Å². The molecular formula is C47H74O9Si. The van der Waals surface area contributed by atoms with Crippen LogP contribution in [0.4, 0.5) is 0 Å². The number of hydrogen-bond acceptors (Lipinski definition) is 9. The Kier molecular flexibility index (Phi) is 18.0. The Bertz CT molecular complexity index is 1500. The van der Waals surface area contributed by atoms with Crippen molar-refractivity contribution in [1.29, 1.82) is 0 Å². The van der Waals surface area contributed by atoms with Crippen LogP contribution in [-0.2, 0) is 46.1 Å². The molecule has 5 atom stereocenters. The summed E-state index contributed by atoms with van der Waals surface area (Å²) in [5, 5.41) is 9.71. The van der Waals surface area contributed by atoms with Gasteiger partial charge in [0.2, 0.25) is 8.32 Å². The number of ketones is 1. The number of carbonyl (C=O) groups excluding carboxylic acids is 1. The molecule has 320 valence electrons. The molecule has 2 aromatic carbocycles. The predicted molar refractivity (Wildman–Crippen MR) is 229 cm³/mol. The number of Topliss-reactive ketones (excluding diaryl/α,β-unsaturated/α-hetero) is 1. The Morgan fingerprint density at radius 1 is 0.877 bits per heavy atom. The Morgan fingerprint density at radius 2 is 1.49 bits per heavy atom. The van der Waals surface area contributed by atoms with Gasteiger partial charge in [0, 0.05) is 31.3 Å². The van der Waals surface area contributed by atoms with Gasteiger partial charge >= 0.3 is 0 Å². The van der Waals surface area contributed by atoms with Crippen LogP contribution in [0.1, 0.15) is 119 Å². The molecule has 1 N–H and O–H groups in total. The van der Waals surface area contributed by atoms with Gasteiger partial charge in [-0.25, -0.2) is 0 Å². The van der Waals surface area contributed by atoms with E-state index in [0.29, 0.717) is 68.7 Å². The van der Waals surface area contributed by atoms with Gasteiger partial charge in [-0.2, -0.15) is 0 Å². The summed E-state index contributed by atoms with van der Waals surface area (Å²) in [5.41, 5.74) is 3.98.